The third-order valence-electron chi connectivity index (χ3n) is 2.44. The zero-order chi connectivity index (χ0) is 9.26. The van der Waals surface area contributed by atoms with Crippen LogP contribution >= 0.6 is 0 Å². The van der Waals surface area contributed by atoms with Gasteiger partial charge in [-0.25, -0.2) is 4.98 Å². The van der Waals surface area contributed by atoms with Gasteiger partial charge in [0, 0.05) is 30.8 Å². The van der Waals surface area contributed by atoms with Gasteiger partial charge in [-0.1, -0.05) is 6.92 Å². The molecular formula is C9H13N3O. The number of rotatable bonds is 2. The van der Waals surface area contributed by atoms with Crippen molar-refractivity contribution in [1.82, 2.24) is 15.3 Å². The minimum absolute atomic E-state index is 0.0133. The van der Waals surface area contributed by atoms with Crippen LogP contribution in [-0.2, 0) is 6.42 Å². The Morgan fingerprint density at radius 2 is 2.38 bits per heavy atom. The summed E-state index contributed by atoms with van der Waals surface area (Å²) in [7, 11) is 0. The first-order valence-electron chi connectivity index (χ1n) is 4.60. The van der Waals surface area contributed by atoms with E-state index in [1.165, 1.54) is 0 Å². The number of H-pyrrole nitrogens is 1. The van der Waals surface area contributed by atoms with Gasteiger partial charge in [0.15, 0.2) is 0 Å². The molecule has 1 aromatic heterocycles. The number of nitrogens with one attached hydrogen (secondary N) is 2. The van der Waals surface area contributed by atoms with E-state index < -0.39 is 0 Å². The van der Waals surface area contributed by atoms with Gasteiger partial charge in [-0.05, 0) is 6.42 Å². The van der Waals surface area contributed by atoms with Crippen molar-refractivity contribution in [3.8, 4) is 0 Å². The summed E-state index contributed by atoms with van der Waals surface area (Å²) in [6.45, 7) is 3.81. The molecule has 0 aliphatic carbocycles. The Kier molecular flexibility index (Phi) is 2.14. The van der Waals surface area contributed by atoms with Crippen molar-refractivity contribution in [2.75, 3.05) is 13.1 Å². The molecule has 0 atom stereocenters. The Hall–Kier alpha value is -1.16. The molecule has 1 saturated heterocycles. The number of hydrogen-bond donors (Lipinski definition) is 2. The van der Waals surface area contributed by atoms with Crippen LogP contribution in [0.2, 0.25) is 0 Å². The molecule has 0 amide bonds. The average Bonchev–Trinajstić information content (AvgIpc) is 2.01. The highest BCUT2D eigenvalue weighted by atomic mass is 16.1. The van der Waals surface area contributed by atoms with Crippen LogP contribution in [0.1, 0.15) is 24.2 Å². The normalized spacial score (nSPS) is 17.0. The van der Waals surface area contributed by atoms with Gasteiger partial charge in [-0.2, -0.15) is 0 Å². The number of aromatic amines is 1. The van der Waals surface area contributed by atoms with Gasteiger partial charge in [0.1, 0.15) is 5.82 Å². The van der Waals surface area contributed by atoms with Crippen molar-refractivity contribution in [3.63, 3.8) is 0 Å². The maximum atomic E-state index is 11.4. The van der Waals surface area contributed by atoms with Crippen molar-refractivity contribution in [3.05, 3.63) is 27.9 Å². The van der Waals surface area contributed by atoms with E-state index in [4.69, 9.17) is 0 Å². The molecule has 1 aromatic rings. The Morgan fingerprint density at radius 3 is 2.85 bits per heavy atom. The Balaban J connectivity index is 2.29. The highest BCUT2D eigenvalue weighted by Crippen LogP contribution is 2.13. The zero-order valence-electron chi connectivity index (χ0n) is 7.63. The predicted molar refractivity (Wildman–Crippen MR) is 49.8 cm³/mol. The summed E-state index contributed by atoms with van der Waals surface area (Å²) in [5.41, 5.74) is 0.774. The third-order valence-corrected chi connectivity index (χ3v) is 2.44. The molecule has 0 unspecified atom stereocenters. The maximum Gasteiger partial charge on any atom is 0.254 e. The molecule has 1 fully saturated rings. The van der Waals surface area contributed by atoms with E-state index in [0.29, 0.717) is 5.92 Å². The standard InChI is InChI=1S/C9H13N3O/c1-2-6-5-11-8(12-9(6)13)7-3-10-4-7/h5,7,10H,2-4H2,1H3,(H,11,12,13). The number of aromatic nitrogens is 2. The molecule has 2 heterocycles. The Bertz CT molecular complexity index is 354. The first kappa shape index (κ1) is 8.44. The number of nitrogens with zero attached hydrogens (tertiary/aromatic N) is 1. The van der Waals surface area contributed by atoms with Crippen LogP contribution in [0.3, 0.4) is 0 Å². The number of hydrogen-bond acceptors (Lipinski definition) is 3. The second-order valence-electron chi connectivity index (χ2n) is 3.33. The topological polar surface area (TPSA) is 57.8 Å². The van der Waals surface area contributed by atoms with E-state index in [1.807, 2.05) is 6.92 Å². The lowest BCUT2D eigenvalue weighted by Gasteiger charge is -2.25. The fourth-order valence-corrected chi connectivity index (χ4v) is 1.38. The van der Waals surface area contributed by atoms with Crippen LogP contribution in [0, 0.1) is 0 Å². The lowest BCUT2D eigenvalue weighted by atomic mass is 10.0. The fourth-order valence-electron chi connectivity index (χ4n) is 1.38. The molecule has 0 saturated carbocycles. The second kappa shape index (κ2) is 3.30. The Labute approximate surface area is 76.4 Å². The summed E-state index contributed by atoms with van der Waals surface area (Å²) in [5.74, 6) is 1.22. The van der Waals surface area contributed by atoms with Gasteiger partial charge in [0.2, 0.25) is 0 Å². The second-order valence-corrected chi connectivity index (χ2v) is 3.33. The minimum atomic E-state index is 0.0133. The molecule has 0 spiro atoms. The predicted octanol–water partition coefficient (Wildman–Crippen LogP) is 0.0191. The summed E-state index contributed by atoms with van der Waals surface area (Å²) in [5, 5.41) is 3.15. The monoisotopic (exact) mass is 179 g/mol. The van der Waals surface area contributed by atoms with E-state index >= 15 is 0 Å². The van der Waals surface area contributed by atoms with Crippen molar-refractivity contribution in [1.29, 1.82) is 0 Å². The molecule has 2 rings (SSSR count). The molecule has 1 aliphatic rings. The van der Waals surface area contributed by atoms with Gasteiger partial charge in [0.25, 0.3) is 5.56 Å². The maximum absolute atomic E-state index is 11.4. The lowest BCUT2D eigenvalue weighted by Crippen LogP contribution is -2.41. The third kappa shape index (κ3) is 1.49. The first-order chi connectivity index (χ1) is 6.31. The Morgan fingerprint density at radius 1 is 1.62 bits per heavy atom. The fraction of sp³-hybridized carbons (Fsp3) is 0.556. The summed E-state index contributed by atoms with van der Waals surface area (Å²) < 4.78 is 0. The molecule has 4 nitrogen and oxygen atoms in total. The highest BCUT2D eigenvalue weighted by Gasteiger charge is 2.21. The van der Waals surface area contributed by atoms with Crippen LogP contribution < -0.4 is 10.9 Å². The van der Waals surface area contributed by atoms with Crippen LogP contribution in [-0.4, -0.2) is 23.1 Å². The van der Waals surface area contributed by atoms with E-state index in [-0.39, 0.29) is 5.56 Å². The van der Waals surface area contributed by atoms with Gasteiger partial charge in [-0.3, -0.25) is 4.79 Å². The van der Waals surface area contributed by atoms with Gasteiger partial charge < -0.3 is 10.3 Å². The summed E-state index contributed by atoms with van der Waals surface area (Å²) in [6, 6.07) is 0. The van der Waals surface area contributed by atoms with Crippen molar-refractivity contribution in [2.24, 2.45) is 0 Å². The SMILES string of the molecule is CCc1cnc(C2CNC2)[nH]c1=O. The van der Waals surface area contributed by atoms with Gasteiger partial charge >= 0.3 is 0 Å². The summed E-state index contributed by atoms with van der Waals surface area (Å²) in [4.78, 5) is 18.5. The zero-order valence-corrected chi connectivity index (χ0v) is 7.63. The molecule has 4 heteroatoms. The molecule has 2 N–H and O–H groups in total. The first-order valence-corrected chi connectivity index (χ1v) is 4.60. The van der Waals surface area contributed by atoms with E-state index in [2.05, 4.69) is 15.3 Å². The smallest absolute Gasteiger partial charge is 0.254 e. The van der Waals surface area contributed by atoms with E-state index in [1.54, 1.807) is 6.20 Å². The van der Waals surface area contributed by atoms with Crippen LogP contribution in [0.25, 0.3) is 0 Å². The van der Waals surface area contributed by atoms with Crippen LogP contribution in [0.4, 0.5) is 0 Å². The molecule has 0 bridgehead atoms. The molecule has 1 aliphatic heterocycles. The number of aryl methyl sites for hydroxylation is 1. The quantitative estimate of drug-likeness (QED) is 0.673. The minimum Gasteiger partial charge on any atom is -0.315 e. The lowest BCUT2D eigenvalue weighted by molar-refractivity contribution is 0.428. The van der Waals surface area contributed by atoms with Gasteiger partial charge in [-0.15, -0.1) is 0 Å². The molecule has 0 radical (unpaired) electrons. The van der Waals surface area contributed by atoms with Crippen LogP contribution in [0.5, 0.6) is 0 Å². The summed E-state index contributed by atoms with van der Waals surface area (Å²) in [6.07, 6.45) is 2.43. The van der Waals surface area contributed by atoms with Crippen molar-refractivity contribution >= 4 is 0 Å². The molecular weight excluding hydrogens is 166 g/mol. The summed E-state index contributed by atoms with van der Waals surface area (Å²) >= 11 is 0. The highest BCUT2D eigenvalue weighted by molar-refractivity contribution is 5.10. The van der Waals surface area contributed by atoms with Crippen molar-refractivity contribution in [2.45, 2.75) is 19.3 Å². The van der Waals surface area contributed by atoms with E-state index in [9.17, 15) is 4.79 Å². The van der Waals surface area contributed by atoms with E-state index in [0.717, 1.165) is 30.9 Å². The van der Waals surface area contributed by atoms with Gasteiger partial charge in [0.05, 0.1) is 0 Å². The molecule has 13 heavy (non-hydrogen) atoms. The average molecular weight is 179 g/mol. The largest absolute Gasteiger partial charge is 0.315 e. The van der Waals surface area contributed by atoms with Crippen molar-refractivity contribution < 1.29 is 0 Å². The molecule has 0 aromatic carbocycles. The molecule has 70 valence electrons. The van der Waals surface area contributed by atoms with Crippen LogP contribution in [0.15, 0.2) is 11.0 Å².